The van der Waals surface area contributed by atoms with Crippen LogP contribution in [0, 0.1) is 5.92 Å². The lowest BCUT2D eigenvalue weighted by molar-refractivity contribution is 0.121. The van der Waals surface area contributed by atoms with E-state index in [2.05, 4.69) is 22.9 Å². The largest absolute Gasteiger partial charge is 0.489 e. The molecule has 1 nitrogen and oxygen atoms in total. The molecule has 1 aromatic rings. The van der Waals surface area contributed by atoms with Gasteiger partial charge in [-0.2, -0.15) is 0 Å². The van der Waals surface area contributed by atoms with Gasteiger partial charge in [0, 0.05) is 15.9 Å². The Bertz CT molecular complexity index is 436. The van der Waals surface area contributed by atoms with Crippen LogP contribution < -0.4 is 4.74 Å². The smallest absolute Gasteiger partial charge is 0.142 e. The highest BCUT2D eigenvalue weighted by Gasteiger charge is 2.23. The topological polar surface area (TPSA) is 9.23 Å². The molecule has 1 aromatic carbocycles. The zero-order chi connectivity index (χ0) is 13.8. The molecule has 0 N–H and O–H groups in total. The van der Waals surface area contributed by atoms with Crippen molar-refractivity contribution in [2.45, 2.75) is 50.5 Å². The van der Waals surface area contributed by atoms with E-state index in [1.54, 1.807) is 6.07 Å². The van der Waals surface area contributed by atoms with E-state index in [-0.39, 0.29) is 6.10 Å². The van der Waals surface area contributed by atoms with Crippen molar-refractivity contribution in [3.05, 3.63) is 27.7 Å². The minimum atomic E-state index is 0.287. The third kappa shape index (κ3) is 4.03. The van der Waals surface area contributed by atoms with Crippen molar-refractivity contribution in [1.29, 1.82) is 0 Å². The van der Waals surface area contributed by atoms with E-state index in [4.69, 9.17) is 27.9 Å². The second-order valence-electron chi connectivity index (χ2n) is 5.19. The second-order valence-corrected chi connectivity index (χ2v) is 6.59. The Kier molecular flexibility index (Phi) is 5.86. The first-order chi connectivity index (χ1) is 9.13. The Hall–Kier alpha value is 0.0800. The van der Waals surface area contributed by atoms with Gasteiger partial charge >= 0.3 is 0 Å². The first-order valence-electron chi connectivity index (χ1n) is 6.84. The fraction of sp³-hybridized carbons (Fsp3) is 0.600. The van der Waals surface area contributed by atoms with Crippen LogP contribution >= 0.6 is 39.1 Å². The van der Waals surface area contributed by atoms with Crippen LogP contribution in [0.25, 0.3) is 0 Å². The average molecular weight is 366 g/mol. The van der Waals surface area contributed by atoms with Gasteiger partial charge in [-0.1, -0.05) is 58.9 Å². The van der Waals surface area contributed by atoms with Crippen LogP contribution in [0.2, 0.25) is 10.0 Å². The van der Waals surface area contributed by atoms with Crippen molar-refractivity contribution in [1.82, 2.24) is 0 Å². The van der Waals surface area contributed by atoms with Gasteiger partial charge in [-0.05, 0) is 37.3 Å². The summed E-state index contributed by atoms with van der Waals surface area (Å²) < 4.78 is 6.17. The molecule has 106 valence electrons. The summed E-state index contributed by atoms with van der Waals surface area (Å²) in [7, 11) is 0. The predicted molar refractivity (Wildman–Crippen MR) is 85.8 cm³/mol. The maximum Gasteiger partial charge on any atom is 0.142 e. The molecule has 0 bridgehead atoms. The minimum absolute atomic E-state index is 0.287. The quantitative estimate of drug-likeness (QED) is 0.574. The number of benzene rings is 1. The summed E-state index contributed by atoms with van der Waals surface area (Å²) in [6.07, 6.45) is 6.36. The van der Waals surface area contributed by atoms with Gasteiger partial charge in [0.05, 0.1) is 11.1 Å². The number of halogens is 3. The van der Waals surface area contributed by atoms with Crippen LogP contribution in [-0.2, 0) is 5.33 Å². The molecule has 0 radical (unpaired) electrons. The summed E-state index contributed by atoms with van der Waals surface area (Å²) in [6.45, 7) is 2.26. The third-order valence-electron chi connectivity index (χ3n) is 3.83. The molecule has 1 aliphatic carbocycles. The lowest BCUT2D eigenvalue weighted by Crippen LogP contribution is -2.25. The normalized spacial score (nSPS) is 23.4. The van der Waals surface area contributed by atoms with Crippen molar-refractivity contribution in [2.24, 2.45) is 5.92 Å². The third-order valence-corrected chi connectivity index (χ3v) is 4.93. The average Bonchev–Trinajstić information content (AvgIpc) is 2.41. The van der Waals surface area contributed by atoms with Gasteiger partial charge in [0.1, 0.15) is 5.75 Å². The summed E-state index contributed by atoms with van der Waals surface area (Å²) in [5.41, 5.74) is 1.02. The fourth-order valence-electron chi connectivity index (χ4n) is 2.73. The number of hydrogen-bond donors (Lipinski definition) is 0. The monoisotopic (exact) mass is 364 g/mol. The molecule has 0 aromatic heterocycles. The first kappa shape index (κ1) is 15.5. The molecule has 0 spiro atoms. The molecule has 0 amide bonds. The Morgan fingerprint density at radius 3 is 2.79 bits per heavy atom. The summed E-state index contributed by atoms with van der Waals surface area (Å²) in [5.74, 6) is 1.59. The van der Waals surface area contributed by atoms with Crippen molar-refractivity contribution in [3.63, 3.8) is 0 Å². The highest BCUT2D eigenvalue weighted by Crippen LogP contribution is 2.37. The molecule has 1 fully saturated rings. The van der Waals surface area contributed by atoms with Gasteiger partial charge in [0.2, 0.25) is 0 Å². The predicted octanol–water partition coefficient (Wildman–Crippen LogP) is 6.24. The Labute approximate surface area is 133 Å². The maximum atomic E-state index is 6.27. The van der Waals surface area contributed by atoms with Gasteiger partial charge in [0.15, 0.2) is 0 Å². The maximum absolute atomic E-state index is 6.27. The molecular weight excluding hydrogens is 347 g/mol. The van der Waals surface area contributed by atoms with Gasteiger partial charge in [-0.15, -0.1) is 0 Å². The van der Waals surface area contributed by atoms with Gasteiger partial charge in [0.25, 0.3) is 0 Å². The minimum Gasteiger partial charge on any atom is -0.489 e. The van der Waals surface area contributed by atoms with E-state index >= 15 is 0 Å². The Morgan fingerprint density at radius 1 is 1.32 bits per heavy atom. The van der Waals surface area contributed by atoms with E-state index in [0.29, 0.717) is 15.4 Å². The van der Waals surface area contributed by atoms with Gasteiger partial charge in [-0.25, -0.2) is 0 Å². The van der Waals surface area contributed by atoms with E-state index in [1.165, 1.54) is 19.3 Å². The van der Waals surface area contributed by atoms with Crippen molar-refractivity contribution in [2.75, 3.05) is 0 Å². The van der Waals surface area contributed by atoms with E-state index in [1.807, 2.05) is 6.07 Å². The Balaban J connectivity index is 2.14. The van der Waals surface area contributed by atoms with Crippen LogP contribution in [0.15, 0.2) is 12.1 Å². The van der Waals surface area contributed by atoms with Crippen LogP contribution in [0.4, 0.5) is 0 Å². The molecule has 1 aliphatic rings. The SMILES string of the molecule is CCC1CCCC(Oc2c(Cl)cc(Cl)cc2CBr)C1. The van der Waals surface area contributed by atoms with Gasteiger partial charge in [-0.3, -0.25) is 0 Å². The lowest BCUT2D eigenvalue weighted by Gasteiger charge is -2.30. The summed E-state index contributed by atoms with van der Waals surface area (Å²) in [5, 5.41) is 1.97. The number of rotatable bonds is 4. The molecule has 0 heterocycles. The molecular formula is C15H19BrCl2O. The molecule has 19 heavy (non-hydrogen) atoms. The fourth-order valence-corrected chi connectivity index (χ4v) is 3.73. The number of hydrogen-bond acceptors (Lipinski definition) is 1. The highest BCUT2D eigenvalue weighted by atomic mass is 79.9. The zero-order valence-electron chi connectivity index (χ0n) is 11.1. The van der Waals surface area contributed by atoms with Crippen molar-refractivity contribution >= 4 is 39.1 Å². The van der Waals surface area contributed by atoms with Gasteiger partial charge < -0.3 is 4.74 Å². The Morgan fingerprint density at radius 2 is 2.11 bits per heavy atom. The summed E-state index contributed by atoms with van der Waals surface area (Å²) in [6, 6.07) is 3.67. The van der Waals surface area contributed by atoms with E-state index < -0.39 is 0 Å². The van der Waals surface area contributed by atoms with Crippen molar-refractivity contribution in [3.8, 4) is 5.75 Å². The second kappa shape index (κ2) is 7.19. The van der Waals surface area contributed by atoms with E-state index in [9.17, 15) is 0 Å². The van der Waals surface area contributed by atoms with Crippen LogP contribution in [0.3, 0.4) is 0 Å². The lowest BCUT2D eigenvalue weighted by atomic mass is 9.85. The van der Waals surface area contributed by atoms with Crippen molar-refractivity contribution < 1.29 is 4.74 Å². The molecule has 1 saturated carbocycles. The number of alkyl halides is 1. The zero-order valence-corrected chi connectivity index (χ0v) is 14.2. The molecule has 2 rings (SSSR count). The molecule has 0 aliphatic heterocycles. The molecule has 0 saturated heterocycles. The van der Waals surface area contributed by atoms with E-state index in [0.717, 1.165) is 30.1 Å². The molecule has 4 heteroatoms. The summed E-state index contributed by atoms with van der Waals surface area (Å²) in [4.78, 5) is 0. The summed E-state index contributed by atoms with van der Waals surface area (Å²) >= 11 is 15.8. The standard InChI is InChI=1S/C15H19BrCl2O/c1-2-10-4-3-5-13(6-10)19-15-11(9-16)7-12(17)8-14(15)18/h7-8,10,13H,2-6,9H2,1H3. The molecule has 2 unspecified atom stereocenters. The van der Waals surface area contributed by atoms with Crippen LogP contribution in [-0.4, -0.2) is 6.10 Å². The van der Waals surface area contributed by atoms with Crippen LogP contribution in [0.1, 0.15) is 44.6 Å². The first-order valence-corrected chi connectivity index (χ1v) is 8.72. The number of ether oxygens (including phenoxy) is 1. The van der Waals surface area contributed by atoms with Crippen LogP contribution in [0.5, 0.6) is 5.75 Å². The molecule has 2 atom stereocenters. The highest BCUT2D eigenvalue weighted by molar-refractivity contribution is 9.08.